The first-order valence-electron chi connectivity index (χ1n) is 16.0. The molecule has 3 heterocycles. The van der Waals surface area contributed by atoms with Crippen LogP contribution in [0.1, 0.15) is 21.5 Å². The summed E-state index contributed by atoms with van der Waals surface area (Å²) in [5.74, 6) is -1.41. The summed E-state index contributed by atoms with van der Waals surface area (Å²) < 4.78 is 80.7. The Morgan fingerprint density at radius 2 is 1.18 bits per heavy atom. The van der Waals surface area contributed by atoms with Crippen LogP contribution in [0.3, 0.4) is 0 Å². The van der Waals surface area contributed by atoms with E-state index in [1.165, 1.54) is 24.3 Å². The zero-order valence-electron chi connectivity index (χ0n) is 28.0. The van der Waals surface area contributed by atoms with Gasteiger partial charge >= 0.3 is 36.5 Å². The first kappa shape index (κ1) is 39.4. The molecule has 4 aromatic rings. The topological polar surface area (TPSA) is 170 Å². The number of anilines is 4. The minimum Gasteiger partial charge on any atom is -0.365 e. The molecule has 22 heteroatoms. The van der Waals surface area contributed by atoms with Gasteiger partial charge in [-0.3, -0.25) is 24.0 Å². The second kappa shape index (κ2) is 14.8. The van der Waals surface area contributed by atoms with Crippen molar-refractivity contribution in [2.45, 2.75) is 12.4 Å². The van der Waals surface area contributed by atoms with Gasteiger partial charge in [0.25, 0.3) is 11.5 Å². The largest absolute Gasteiger partial charge is 0.417 e. The van der Waals surface area contributed by atoms with Crippen LogP contribution in [0.2, 0.25) is 10.0 Å². The molecule has 0 atom stereocenters. The van der Waals surface area contributed by atoms with E-state index in [1.807, 2.05) is 0 Å². The van der Waals surface area contributed by atoms with Gasteiger partial charge in [-0.15, -0.1) is 0 Å². The van der Waals surface area contributed by atoms with Gasteiger partial charge in [-0.2, -0.15) is 26.3 Å². The lowest BCUT2D eigenvalue weighted by atomic mass is 10.1. The molecule has 9 amide bonds. The maximum absolute atomic E-state index is 13.7. The number of pyridine rings is 1. The number of carbonyl (C=O) groups is 5. The predicted octanol–water partition coefficient (Wildman–Crippen LogP) is 7.23. The van der Waals surface area contributed by atoms with Gasteiger partial charge in [-0.1, -0.05) is 23.2 Å². The molecule has 0 radical (unpaired) electrons. The van der Waals surface area contributed by atoms with Gasteiger partial charge in [0.15, 0.2) is 0 Å². The molecule has 3 aromatic carbocycles. The van der Waals surface area contributed by atoms with Crippen molar-refractivity contribution in [3.8, 4) is 5.69 Å². The molecule has 0 bridgehead atoms. The Kier molecular flexibility index (Phi) is 10.4. The maximum atomic E-state index is 13.7. The van der Waals surface area contributed by atoms with Gasteiger partial charge in [0, 0.05) is 41.4 Å². The lowest BCUT2D eigenvalue weighted by Crippen LogP contribution is -2.42. The molecule has 2 aliphatic heterocycles. The van der Waals surface area contributed by atoms with E-state index in [4.69, 9.17) is 28.9 Å². The molecule has 4 N–H and O–H groups in total. The quantitative estimate of drug-likeness (QED) is 0.173. The molecule has 1 aromatic heterocycles. The fourth-order valence-corrected chi connectivity index (χ4v) is 6.23. The van der Waals surface area contributed by atoms with Gasteiger partial charge in [-0.05, 0) is 66.7 Å². The third-order valence-corrected chi connectivity index (χ3v) is 9.20. The summed E-state index contributed by atoms with van der Waals surface area (Å²) in [7, 11) is 0. The normalized spacial score (nSPS) is 14.8. The van der Waals surface area contributed by atoms with Crippen LogP contribution in [0, 0.1) is 0 Å². The Hall–Kier alpha value is -6.28. The molecule has 0 saturated carbocycles. The molecule has 14 nitrogen and oxygen atoms in total. The van der Waals surface area contributed by atoms with E-state index in [1.54, 1.807) is 0 Å². The highest BCUT2D eigenvalue weighted by Crippen LogP contribution is 2.38. The molecule has 6 rings (SSSR count). The van der Waals surface area contributed by atoms with E-state index >= 15 is 0 Å². The van der Waals surface area contributed by atoms with Crippen molar-refractivity contribution in [3.63, 3.8) is 0 Å². The average molecular weight is 826 g/mol. The second-order valence-corrected chi connectivity index (χ2v) is 12.9. The van der Waals surface area contributed by atoms with E-state index in [9.17, 15) is 55.1 Å². The van der Waals surface area contributed by atoms with Crippen molar-refractivity contribution in [3.05, 3.63) is 110 Å². The van der Waals surface area contributed by atoms with Gasteiger partial charge in [0.1, 0.15) is 5.56 Å². The van der Waals surface area contributed by atoms with Gasteiger partial charge in [-0.25, -0.2) is 29.0 Å². The lowest BCUT2D eigenvalue weighted by molar-refractivity contribution is -0.138. The molecule has 0 aliphatic carbocycles. The van der Waals surface area contributed by atoms with Gasteiger partial charge in [0.2, 0.25) is 0 Å². The molecule has 2 saturated heterocycles. The number of urea groups is 4. The summed E-state index contributed by atoms with van der Waals surface area (Å²) in [5, 5.41) is 4.20. The van der Waals surface area contributed by atoms with Crippen LogP contribution in [0.5, 0.6) is 0 Å². The number of alkyl halides is 6. The smallest absolute Gasteiger partial charge is 0.365 e. The van der Waals surface area contributed by atoms with E-state index in [2.05, 4.69) is 10.6 Å². The standard InChI is InChI=1S/C34H24Cl2F6N8O6/c35-18-3-7-20(8-4-18)50-16-24(44-29(53)48-14-12-47(32(48)56)21-9-10-23(36)22(15-21)34(40,41)42)26(25(27(43)51)28(50)52)45-30(54)49-13-11-46(31(49)55)19-5-1-17(2-6-19)33(37,38)39/h1-10,15-16H,11-14H2,(H2,43,51)(H,44,53)(H,45,54). The summed E-state index contributed by atoms with van der Waals surface area (Å²) in [6, 6.07) is 7.21. The van der Waals surface area contributed by atoms with E-state index < -0.39 is 81.0 Å². The Morgan fingerprint density at radius 3 is 1.71 bits per heavy atom. The Balaban J connectivity index is 1.33. The summed E-state index contributed by atoms with van der Waals surface area (Å²) in [6.07, 6.45) is -8.54. The maximum Gasteiger partial charge on any atom is 0.417 e. The van der Waals surface area contributed by atoms with Crippen molar-refractivity contribution < 1.29 is 50.3 Å². The van der Waals surface area contributed by atoms with E-state index in [-0.39, 0.29) is 48.3 Å². The zero-order chi connectivity index (χ0) is 40.9. The van der Waals surface area contributed by atoms with Crippen LogP contribution in [0.15, 0.2) is 77.7 Å². The molecule has 0 spiro atoms. The molecule has 2 fully saturated rings. The number of nitrogens with two attached hydrogens (primary N) is 1. The van der Waals surface area contributed by atoms with Crippen LogP contribution in [0.4, 0.5) is 68.3 Å². The molecular formula is C34H24Cl2F6N8O6. The fourth-order valence-electron chi connectivity index (χ4n) is 5.88. The van der Waals surface area contributed by atoms with Crippen LogP contribution < -0.4 is 31.7 Å². The van der Waals surface area contributed by atoms with Crippen molar-refractivity contribution in [1.29, 1.82) is 0 Å². The first-order chi connectivity index (χ1) is 26.3. The van der Waals surface area contributed by atoms with E-state index in [0.29, 0.717) is 15.9 Å². The average Bonchev–Trinajstić information content (AvgIpc) is 3.71. The van der Waals surface area contributed by atoms with Crippen LogP contribution in [0.25, 0.3) is 5.69 Å². The van der Waals surface area contributed by atoms with Gasteiger partial charge < -0.3 is 16.4 Å². The predicted molar refractivity (Wildman–Crippen MR) is 190 cm³/mol. The minimum absolute atomic E-state index is 0.0205. The number of amides is 9. The summed E-state index contributed by atoms with van der Waals surface area (Å²) in [4.78, 5) is 83.6. The van der Waals surface area contributed by atoms with Crippen molar-refractivity contribution in [2.24, 2.45) is 5.73 Å². The zero-order valence-corrected chi connectivity index (χ0v) is 29.6. The van der Waals surface area contributed by atoms with Crippen molar-refractivity contribution in [2.75, 3.05) is 46.6 Å². The van der Waals surface area contributed by atoms with E-state index in [0.717, 1.165) is 57.0 Å². The van der Waals surface area contributed by atoms with Crippen molar-refractivity contribution in [1.82, 2.24) is 14.4 Å². The Labute approximate surface area is 320 Å². The first-order valence-corrected chi connectivity index (χ1v) is 16.7. The lowest BCUT2D eigenvalue weighted by Gasteiger charge is -2.23. The SMILES string of the molecule is NC(=O)c1c(NC(=O)N2CCN(c3ccc(C(F)(F)F)cc3)C2=O)c(NC(=O)N2CCN(c3ccc(Cl)c(C(F)(F)F)c3)C2=O)cn(-c2ccc(Cl)cc2)c1=O. The summed E-state index contributed by atoms with van der Waals surface area (Å²) in [5.41, 5.74) is 0.0474. The second-order valence-electron chi connectivity index (χ2n) is 12.0. The molecule has 56 heavy (non-hydrogen) atoms. The fraction of sp³-hybridized carbons (Fsp3) is 0.176. The van der Waals surface area contributed by atoms with Crippen molar-refractivity contribution >= 4 is 76.0 Å². The molecule has 2 aliphatic rings. The summed E-state index contributed by atoms with van der Waals surface area (Å²) >= 11 is 11.7. The molecule has 0 unspecified atom stereocenters. The number of nitrogens with one attached hydrogen (secondary N) is 2. The van der Waals surface area contributed by atoms with Crippen LogP contribution in [-0.4, -0.2) is 70.6 Å². The third kappa shape index (κ3) is 7.65. The number of benzene rings is 3. The van der Waals surface area contributed by atoms with Crippen LogP contribution in [-0.2, 0) is 12.4 Å². The third-order valence-electron chi connectivity index (χ3n) is 8.62. The monoisotopic (exact) mass is 824 g/mol. The number of halogens is 8. The highest BCUT2D eigenvalue weighted by Gasteiger charge is 2.40. The van der Waals surface area contributed by atoms with Crippen LogP contribution >= 0.6 is 23.2 Å². The number of carbonyl (C=O) groups excluding carboxylic acids is 5. The number of imide groups is 2. The molecular weight excluding hydrogens is 801 g/mol. The van der Waals surface area contributed by atoms with Gasteiger partial charge in [0.05, 0.1) is 40.6 Å². The number of hydrogen-bond donors (Lipinski definition) is 3. The summed E-state index contributed by atoms with van der Waals surface area (Å²) in [6.45, 7) is -1.12. The Morgan fingerprint density at radius 1 is 0.661 bits per heavy atom. The minimum atomic E-state index is -4.86. The highest BCUT2D eigenvalue weighted by molar-refractivity contribution is 6.31. The number of primary amides is 1. The number of rotatable bonds is 6. The number of aromatic nitrogens is 1. The number of hydrogen-bond acceptors (Lipinski definition) is 6. The number of nitrogens with zero attached hydrogens (tertiary/aromatic N) is 5. The highest BCUT2D eigenvalue weighted by atomic mass is 35.5. The Bertz CT molecular complexity index is 2340. The molecule has 292 valence electrons.